The van der Waals surface area contributed by atoms with Gasteiger partial charge in [-0.15, -0.1) is 11.6 Å². The van der Waals surface area contributed by atoms with Gasteiger partial charge in [-0.1, -0.05) is 19.1 Å². The molecule has 1 atom stereocenters. The van der Waals surface area contributed by atoms with Crippen molar-refractivity contribution in [1.82, 2.24) is 4.72 Å². The minimum absolute atomic E-state index is 0.102. The van der Waals surface area contributed by atoms with Crippen molar-refractivity contribution < 1.29 is 13.2 Å². The molecule has 0 amide bonds. The van der Waals surface area contributed by atoms with Crippen molar-refractivity contribution in [1.29, 1.82) is 0 Å². The Morgan fingerprint density at radius 2 is 1.80 bits per heavy atom. The fraction of sp³-hybridized carbons (Fsp3) is 0.571. The Hall–Kier alpha value is -0.780. The number of hydrogen-bond donors (Lipinski definition) is 1. The maximum Gasteiger partial charge on any atom is 0.213 e. The topological polar surface area (TPSA) is 55.4 Å². The molecule has 1 aromatic rings. The lowest BCUT2D eigenvalue weighted by Gasteiger charge is -2.15. The zero-order valence-electron chi connectivity index (χ0n) is 12.1. The highest BCUT2D eigenvalue weighted by Crippen LogP contribution is 2.19. The maximum absolute atomic E-state index is 11.7. The normalized spacial score (nSPS) is 13.4. The lowest BCUT2D eigenvalue weighted by atomic mass is 10.0. The minimum atomic E-state index is -3.21. The van der Waals surface area contributed by atoms with Crippen LogP contribution in [0.15, 0.2) is 24.3 Å². The van der Waals surface area contributed by atoms with Crippen LogP contribution in [0.5, 0.6) is 5.75 Å². The van der Waals surface area contributed by atoms with E-state index in [9.17, 15) is 8.42 Å². The molecule has 0 saturated heterocycles. The van der Waals surface area contributed by atoms with Gasteiger partial charge in [-0.3, -0.25) is 0 Å². The quantitative estimate of drug-likeness (QED) is 0.750. The molecule has 6 heteroatoms. The van der Waals surface area contributed by atoms with Crippen LogP contribution in [0.25, 0.3) is 0 Å². The standard InChI is InChI=1S/C14H22ClNO3S/c1-11(2)20(17,18)16-10-12(3)13-4-6-14(7-5-13)19-9-8-15/h4-7,11-12,16H,8-10H2,1-3H3. The predicted octanol–water partition coefficient (Wildman–Crippen LogP) is 2.74. The van der Waals surface area contributed by atoms with Crippen molar-refractivity contribution in [2.75, 3.05) is 19.0 Å². The van der Waals surface area contributed by atoms with Crippen LogP contribution in [0.2, 0.25) is 0 Å². The molecule has 1 N–H and O–H groups in total. The largest absolute Gasteiger partial charge is 0.492 e. The van der Waals surface area contributed by atoms with E-state index in [0.29, 0.717) is 19.0 Å². The summed E-state index contributed by atoms with van der Waals surface area (Å²) in [4.78, 5) is 0. The summed E-state index contributed by atoms with van der Waals surface area (Å²) >= 11 is 5.55. The van der Waals surface area contributed by atoms with E-state index in [0.717, 1.165) is 11.3 Å². The van der Waals surface area contributed by atoms with E-state index in [4.69, 9.17) is 16.3 Å². The number of benzene rings is 1. The number of nitrogens with one attached hydrogen (secondary N) is 1. The Bertz CT molecular complexity index is 500. The average molecular weight is 320 g/mol. The van der Waals surface area contributed by atoms with Crippen molar-refractivity contribution in [3.8, 4) is 5.75 Å². The number of sulfonamides is 1. The van der Waals surface area contributed by atoms with Crippen LogP contribution in [0.4, 0.5) is 0 Å². The van der Waals surface area contributed by atoms with Gasteiger partial charge in [0.15, 0.2) is 0 Å². The van der Waals surface area contributed by atoms with Gasteiger partial charge in [-0.05, 0) is 37.5 Å². The number of rotatable bonds is 8. The summed E-state index contributed by atoms with van der Waals surface area (Å²) in [6.45, 7) is 6.18. The first-order valence-corrected chi connectivity index (χ1v) is 8.72. The number of alkyl halides is 1. The highest BCUT2D eigenvalue weighted by molar-refractivity contribution is 7.90. The molecule has 4 nitrogen and oxygen atoms in total. The molecule has 114 valence electrons. The fourth-order valence-corrected chi connectivity index (χ4v) is 2.47. The second-order valence-electron chi connectivity index (χ2n) is 4.95. The van der Waals surface area contributed by atoms with Gasteiger partial charge in [-0.2, -0.15) is 0 Å². The van der Waals surface area contributed by atoms with Crippen LogP contribution < -0.4 is 9.46 Å². The molecule has 0 radical (unpaired) electrons. The first-order valence-electron chi connectivity index (χ1n) is 6.64. The molecule has 0 aliphatic rings. The number of hydrogen-bond acceptors (Lipinski definition) is 3. The molecule has 1 rings (SSSR count). The van der Waals surface area contributed by atoms with Crippen LogP contribution in [-0.2, 0) is 10.0 Å². The Morgan fingerprint density at radius 1 is 1.20 bits per heavy atom. The molecular formula is C14H22ClNO3S. The molecule has 0 aliphatic carbocycles. The van der Waals surface area contributed by atoms with Crippen molar-refractivity contribution >= 4 is 21.6 Å². The molecular weight excluding hydrogens is 298 g/mol. The summed E-state index contributed by atoms with van der Waals surface area (Å²) < 4.78 is 31.4. The Labute approximate surface area is 126 Å². The zero-order valence-corrected chi connectivity index (χ0v) is 13.7. The maximum atomic E-state index is 11.7. The molecule has 0 spiro atoms. The van der Waals surface area contributed by atoms with Gasteiger partial charge in [0.25, 0.3) is 0 Å². The zero-order chi connectivity index (χ0) is 15.2. The molecule has 0 aromatic heterocycles. The molecule has 0 aliphatic heterocycles. The SMILES string of the molecule is CC(CNS(=O)(=O)C(C)C)c1ccc(OCCCl)cc1. The molecule has 0 bridgehead atoms. The van der Waals surface area contributed by atoms with E-state index in [1.54, 1.807) is 13.8 Å². The van der Waals surface area contributed by atoms with Crippen LogP contribution >= 0.6 is 11.6 Å². The Morgan fingerprint density at radius 3 is 2.30 bits per heavy atom. The summed E-state index contributed by atoms with van der Waals surface area (Å²) in [7, 11) is -3.21. The van der Waals surface area contributed by atoms with Crippen LogP contribution in [0.3, 0.4) is 0 Å². The summed E-state index contributed by atoms with van der Waals surface area (Å²) in [5.41, 5.74) is 1.06. The third kappa shape index (κ3) is 5.31. The monoisotopic (exact) mass is 319 g/mol. The second-order valence-corrected chi connectivity index (χ2v) is 7.65. The smallest absolute Gasteiger partial charge is 0.213 e. The summed E-state index contributed by atoms with van der Waals surface area (Å²) in [5.74, 6) is 1.32. The van der Waals surface area contributed by atoms with Crippen molar-refractivity contribution in [2.24, 2.45) is 0 Å². The van der Waals surface area contributed by atoms with Gasteiger partial charge in [0.05, 0.1) is 11.1 Å². The van der Waals surface area contributed by atoms with E-state index < -0.39 is 15.3 Å². The summed E-state index contributed by atoms with van der Waals surface area (Å²) in [5, 5.41) is -0.416. The first kappa shape index (κ1) is 17.3. The van der Waals surface area contributed by atoms with Gasteiger partial charge in [0.1, 0.15) is 12.4 Å². The number of ether oxygens (including phenoxy) is 1. The van der Waals surface area contributed by atoms with Crippen LogP contribution in [0, 0.1) is 0 Å². The van der Waals surface area contributed by atoms with Gasteiger partial charge in [0.2, 0.25) is 10.0 Å². The van der Waals surface area contributed by atoms with E-state index >= 15 is 0 Å². The lowest BCUT2D eigenvalue weighted by Crippen LogP contribution is -2.33. The summed E-state index contributed by atoms with van der Waals surface area (Å²) in [6, 6.07) is 7.63. The van der Waals surface area contributed by atoms with E-state index in [1.165, 1.54) is 0 Å². The van der Waals surface area contributed by atoms with Gasteiger partial charge in [-0.25, -0.2) is 13.1 Å². The van der Waals surface area contributed by atoms with E-state index in [2.05, 4.69) is 4.72 Å². The molecule has 0 heterocycles. The average Bonchev–Trinajstić information content (AvgIpc) is 2.43. The molecule has 0 saturated carbocycles. The van der Waals surface area contributed by atoms with Crippen molar-refractivity contribution in [3.63, 3.8) is 0 Å². The summed E-state index contributed by atoms with van der Waals surface area (Å²) in [6.07, 6.45) is 0. The first-order chi connectivity index (χ1) is 9.36. The third-order valence-corrected chi connectivity index (χ3v) is 4.97. The van der Waals surface area contributed by atoms with Gasteiger partial charge in [0, 0.05) is 6.54 Å². The van der Waals surface area contributed by atoms with Gasteiger partial charge < -0.3 is 4.74 Å². The van der Waals surface area contributed by atoms with E-state index in [1.807, 2.05) is 31.2 Å². The minimum Gasteiger partial charge on any atom is -0.492 e. The van der Waals surface area contributed by atoms with Crippen molar-refractivity contribution in [2.45, 2.75) is 31.9 Å². The fourth-order valence-electron chi connectivity index (χ4n) is 1.57. The second kappa shape index (κ2) is 7.86. The molecule has 1 unspecified atom stereocenters. The number of halogens is 1. The molecule has 0 fully saturated rings. The highest BCUT2D eigenvalue weighted by Gasteiger charge is 2.16. The lowest BCUT2D eigenvalue weighted by molar-refractivity contribution is 0.342. The predicted molar refractivity (Wildman–Crippen MR) is 83.1 cm³/mol. The van der Waals surface area contributed by atoms with Crippen LogP contribution in [0.1, 0.15) is 32.3 Å². The Balaban J connectivity index is 2.57. The van der Waals surface area contributed by atoms with Crippen molar-refractivity contribution in [3.05, 3.63) is 29.8 Å². The van der Waals surface area contributed by atoms with Crippen LogP contribution in [-0.4, -0.2) is 32.7 Å². The Kier molecular flexibility index (Phi) is 6.79. The van der Waals surface area contributed by atoms with E-state index in [-0.39, 0.29) is 5.92 Å². The third-order valence-electron chi connectivity index (χ3n) is 3.01. The highest BCUT2D eigenvalue weighted by atomic mass is 35.5. The molecule has 20 heavy (non-hydrogen) atoms. The van der Waals surface area contributed by atoms with Gasteiger partial charge >= 0.3 is 0 Å². The molecule has 1 aromatic carbocycles.